The minimum absolute atomic E-state index is 0.0560. The number of rotatable bonds is 5. The molecule has 0 saturated heterocycles. The van der Waals surface area contributed by atoms with Crippen molar-refractivity contribution >= 4 is 11.6 Å². The van der Waals surface area contributed by atoms with Crippen LogP contribution in [-0.2, 0) is 4.74 Å². The third kappa shape index (κ3) is 3.53. The molecule has 1 aromatic carbocycles. The molecule has 0 spiro atoms. The molecule has 0 unspecified atom stereocenters. The van der Waals surface area contributed by atoms with Crippen molar-refractivity contribution in [2.75, 3.05) is 13.7 Å². The number of nitrogens with one attached hydrogen (secondary N) is 1. The van der Waals surface area contributed by atoms with E-state index in [4.69, 9.17) is 4.74 Å². The van der Waals surface area contributed by atoms with Crippen LogP contribution in [0.15, 0.2) is 24.3 Å². The number of carbonyl (C=O) groups is 1. The highest BCUT2D eigenvalue weighted by atomic mass is 16.6. The molecule has 0 aliphatic heterocycles. The van der Waals surface area contributed by atoms with Crippen LogP contribution in [0.2, 0.25) is 0 Å². The second kappa shape index (κ2) is 5.95. The molecular formula is C11H14N2O4. The summed E-state index contributed by atoms with van der Waals surface area (Å²) >= 11 is 0. The second-order valence-corrected chi connectivity index (χ2v) is 3.60. The van der Waals surface area contributed by atoms with Gasteiger partial charge in [-0.25, -0.2) is 0 Å². The number of carbonyl (C=O) groups excluding carboxylic acids is 1. The number of para-hydroxylation sites is 1. The van der Waals surface area contributed by atoms with Gasteiger partial charge in [-0.05, 0) is 13.0 Å². The topological polar surface area (TPSA) is 81.5 Å². The first kappa shape index (κ1) is 13.1. The molecule has 0 aromatic heterocycles. The third-order valence-corrected chi connectivity index (χ3v) is 2.14. The first-order valence-corrected chi connectivity index (χ1v) is 5.09. The van der Waals surface area contributed by atoms with E-state index in [0.717, 1.165) is 0 Å². The highest BCUT2D eigenvalue weighted by molar-refractivity contribution is 5.98. The van der Waals surface area contributed by atoms with Gasteiger partial charge in [0.05, 0.1) is 11.5 Å². The fraction of sp³-hybridized carbons (Fsp3) is 0.364. The molecular weight excluding hydrogens is 224 g/mol. The van der Waals surface area contributed by atoms with Gasteiger partial charge in [0.1, 0.15) is 5.56 Å². The van der Waals surface area contributed by atoms with Gasteiger partial charge >= 0.3 is 0 Å². The van der Waals surface area contributed by atoms with E-state index in [1.165, 1.54) is 25.3 Å². The normalized spacial score (nSPS) is 11.9. The van der Waals surface area contributed by atoms with Crippen LogP contribution in [0.3, 0.4) is 0 Å². The molecule has 17 heavy (non-hydrogen) atoms. The molecule has 0 radical (unpaired) electrons. The van der Waals surface area contributed by atoms with Crippen LogP contribution >= 0.6 is 0 Å². The molecule has 1 aromatic rings. The number of hydrogen-bond donors (Lipinski definition) is 1. The number of amides is 1. The lowest BCUT2D eigenvalue weighted by molar-refractivity contribution is -0.385. The summed E-state index contributed by atoms with van der Waals surface area (Å²) in [5.41, 5.74) is -0.143. The van der Waals surface area contributed by atoms with Gasteiger partial charge in [0, 0.05) is 19.2 Å². The molecule has 1 N–H and O–H groups in total. The van der Waals surface area contributed by atoms with Crippen LogP contribution in [0.4, 0.5) is 5.69 Å². The molecule has 0 heterocycles. The van der Waals surface area contributed by atoms with Crippen LogP contribution in [0.25, 0.3) is 0 Å². The van der Waals surface area contributed by atoms with E-state index in [2.05, 4.69) is 5.32 Å². The highest BCUT2D eigenvalue weighted by Crippen LogP contribution is 2.17. The Morgan fingerprint density at radius 1 is 1.53 bits per heavy atom. The number of nitrogens with zero attached hydrogens (tertiary/aromatic N) is 1. The van der Waals surface area contributed by atoms with E-state index in [1.807, 2.05) is 0 Å². The van der Waals surface area contributed by atoms with Crippen LogP contribution in [0.5, 0.6) is 0 Å². The maximum Gasteiger partial charge on any atom is 0.282 e. The van der Waals surface area contributed by atoms with Gasteiger partial charge in [-0.3, -0.25) is 14.9 Å². The predicted molar refractivity (Wildman–Crippen MR) is 61.9 cm³/mol. The van der Waals surface area contributed by atoms with Crippen LogP contribution in [-0.4, -0.2) is 30.6 Å². The number of nitro groups is 1. The van der Waals surface area contributed by atoms with Crippen LogP contribution in [0, 0.1) is 10.1 Å². The summed E-state index contributed by atoms with van der Waals surface area (Å²) in [6.45, 7) is 2.11. The minimum Gasteiger partial charge on any atom is -0.383 e. The monoisotopic (exact) mass is 238 g/mol. The Labute approximate surface area is 98.7 Å². The molecule has 0 aliphatic rings. The van der Waals surface area contributed by atoms with E-state index in [0.29, 0.717) is 6.61 Å². The van der Waals surface area contributed by atoms with Crippen molar-refractivity contribution in [2.45, 2.75) is 13.0 Å². The molecule has 6 nitrogen and oxygen atoms in total. The first-order valence-electron chi connectivity index (χ1n) is 5.09. The largest absolute Gasteiger partial charge is 0.383 e. The molecule has 1 atom stereocenters. The Kier molecular flexibility index (Phi) is 4.59. The Morgan fingerprint density at radius 2 is 2.18 bits per heavy atom. The number of benzene rings is 1. The Morgan fingerprint density at radius 3 is 2.76 bits per heavy atom. The van der Waals surface area contributed by atoms with Gasteiger partial charge in [-0.1, -0.05) is 12.1 Å². The molecule has 0 fully saturated rings. The summed E-state index contributed by atoms with van der Waals surface area (Å²) in [4.78, 5) is 21.9. The summed E-state index contributed by atoms with van der Waals surface area (Å²) in [5.74, 6) is -0.471. The standard InChI is InChI=1S/C11H14N2O4/c1-8(7-17-2)12-11(14)9-5-3-4-6-10(9)13(15)16/h3-6,8H,7H2,1-2H3,(H,12,14)/t8-/m0/s1. The second-order valence-electron chi connectivity index (χ2n) is 3.60. The number of nitro benzene ring substituents is 1. The van der Waals surface area contributed by atoms with Crippen LogP contribution in [0.1, 0.15) is 17.3 Å². The summed E-state index contributed by atoms with van der Waals surface area (Å²) < 4.78 is 4.87. The zero-order valence-electron chi connectivity index (χ0n) is 9.67. The van der Waals surface area contributed by atoms with Gasteiger partial charge in [0.2, 0.25) is 0 Å². The summed E-state index contributed by atoms with van der Waals surface area (Å²) in [5, 5.41) is 13.4. The summed E-state index contributed by atoms with van der Waals surface area (Å²) in [6.07, 6.45) is 0. The van der Waals surface area contributed by atoms with Gasteiger partial charge in [-0.2, -0.15) is 0 Å². The van der Waals surface area contributed by atoms with E-state index in [-0.39, 0.29) is 17.3 Å². The fourth-order valence-electron chi connectivity index (χ4n) is 1.42. The van der Waals surface area contributed by atoms with Gasteiger partial charge in [0.25, 0.3) is 11.6 Å². The Balaban J connectivity index is 2.85. The molecule has 92 valence electrons. The van der Waals surface area contributed by atoms with E-state index in [9.17, 15) is 14.9 Å². The van der Waals surface area contributed by atoms with Crippen molar-refractivity contribution in [3.05, 3.63) is 39.9 Å². The highest BCUT2D eigenvalue weighted by Gasteiger charge is 2.20. The van der Waals surface area contributed by atoms with Crippen molar-refractivity contribution in [3.63, 3.8) is 0 Å². The lowest BCUT2D eigenvalue weighted by atomic mass is 10.1. The van der Waals surface area contributed by atoms with E-state index < -0.39 is 10.8 Å². The summed E-state index contributed by atoms with van der Waals surface area (Å²) in [6, 6.07) is 5.63. The SMILES string of the molecule is COC[C@H](C)NC(=O)c1ccccc1[N+](=O)[O-]. The van der Waals surface area contributed by atoms with Crippen LogP contribution < -0.4 is 5.32 Å². The zero-order valence-corrected chi connectivity index (χ0v) is 9.67. The molecule has 0 bridgehead atoms. The number of methoxy groups -OCH3 is 1. The average molecular weight is 238 g/mol. The van der Waals surface area contributed by atoms with Crippen molar-refractivity contribution in [1.29, 1.82) is 0 Å². The smallest absolute Gasteiger partial charge is 0.282 e. The Hall–Kier alpha value is -1.95. The lowest BCUT2D eigenvalue weighted by Gasteiger charge is -2.12. The molecule has 0 aliphatic carbocycles. The van der Waals surface area contributed by atoms with Crippen molar-refractivity contribution in [1.82, 2.24) is 5.32 Å². The number of hydrogen-bond acceptors (Lipinski definition) is 4. The van der Waals surface area contributed by atoms with Crippen molar-refractivity contribution < 1.29 is 14.5 Å². The van der Waals surface area contributed by atoms with Gasteiger partial charge < -0.3 is 10.1 Å². The summed E-state index contributed by atoms with van der Waals surface area (Å²) in [7, 11) is 1.52. The molecule has 1 rings (SSSR count). The zero-order chi connectivity index (χ0) is 12.8. The van der Waals surface area contributed by atoms with Crippen molar-refractivity contribution in [3.8, 4) is 0 Å². The Bertz CT molecular complexity index is 420. The van der Waals surface area contributed by atoms with E-state index in [1.54, 1.807) is 13.0 Å². The lowest BCUT2D eigenvalue weighted by Crippen LogP contribution is -2.35. The molecule has 6 heteroatoms. The predicted octanol–water partition coefficient (Wildman–Crippen LogP) is 1.36. The van der Waals surface area contributed by atoms with Gasteiger partial charge in [-0.15, -0.1) is 0 Å². The molecule has 1 amide bonds. The molecule has 0 saturated carbocycles. The maximum absolute atomic E-state index is 11.8. The van der Waals surface area contributed by atoms with Crippen molar-refractivity contribution in [2.24, 2.45) is 0 Å². The quantitative estimate of drug-likeness (QED) is 0.620. The number of ether oxygens (including phenoxy) is 1. The van der Waals surface area contributed by atoms with Gasteiger partial charge in [0.15, 0.2) is 0 Å². The average Bonchev–Trinajstić information content (AvgIpc) is 2.29. The maximum atomic E-state index is 11.8. The first-order chi connectivity index (χ1) is 8.06. The minimum atomic E-state index is -0.574. The third-order valence-electron chi connectivity index (χ3n) is 2.14. The fourth-order valence-corrected chi connectivity index (χ4v) is 1.42. The van der Waals surface area contributed by atoms with E-state index >= 15 is 0 Å².